The van der Waals surface area contributed by atoms with Crippen LogP contribution in [-0.2, 0) is 42.3 Å². The monoisotopic (exact) mass is 1770 g/mol. The summed E-state index contributed by atoms with van der Waals surface area (Å²) in [6, 6.07) is -2.63. The van der Waals surface area contributed by atoms with Gasteiger partial charge in [0, 0.05) is 34.6 Å². The first kappa shape index (κ1) is 92.4. The molecule has 9 saturated heterocycles. The Bertz CT molecular complexity index is 2450. The molecule has 9 heterocycles. The third-order valence-electron chi connectivity index (χ3n) is 30.3. The fraction of sp³-hybridized carbons (Fsp3) is 0.902. The molecule has 0 aromatic carbocycles. The van der Waals surface area contributed by atoms with Gasteiger partial charge in [-0.05, 0) is 128 Å². The number of hydrogen-bond acceptors (Lipinski definition) is 10. The predicted octanol–water partition coefficient (Wildman–Crippen LogP) is 11.8. The van der Waals surface area contributed by atoms with E-state index in [1.807, 2.05) is 78.4 Å². The van der Waals surface area contributed by atoms with Crippen LogP contribution < -0.4 is 0 Å². The number of amides is 16. The van der Waals surface area contributed by atoms with Crippen molar-refractivity contribution in [3.8, 4) is 0 Å². The fourth-order valence-corrected chi connectivity index (χ4v) is 24.7. The second-order valence-electron chi connectivity index (χ2n) is 35.9. The van der Waals surface area contributed by atoms with Gasteiger partial charge in [0.25, 0.3) is 0 Å². The Morgan fingerprint density at radius 1 is 0.211 bits per heavy atom. The Morgan fingerprint density at radius 2 is 0.298 bits per heavy atom. The van der Waals surface area contributed by atoms with Crippen LogP contribution in [-0.4, -0.2) is 332 Å². The van der Waals surface area contributed by atoms with Gasteiger partial charge in [-0.15, -0.1) is 0 Å². The first-order valence-corrected chi connectivity index (χ1v) is 44.6. The molecule has 1 radical (unpaired) electrons. The van der Waals surface area contributed by atoms with Gasteiger partial charge in [0.15, 0.2) is 0 Å². The number of aliphatic hydroxyl groups excluding tert-OH is 2. The summed E-state index contributed by atoms with van der Waals surface area (Å²) >= 11 is 0. The zero-order valence-electron chi connectivity index (χ0n) is 69.8. The molecule has 0 spiro atoms. The Kier molecular flexibility index (Phi) is 33.2. The molecule has 651 valence electrons. The van der Waals surface area contributed by atoms with Crippen molar-refractivity contribution in [3.63, 3.8) is 0 Å². The van der Waals surface area contributed by atoms with Crippen molar-refractivity contribution in [3.05, 3.63) is 0 Å². The van der Waals surface area contributed by atoms with Crippen LogP contribution in [0.5, 0.6) is 0 Å². The zero-order valence-corrected chi connectivity index (χ0v) is 72.5. The molecule has 32 heteroatoms. The molecule has 8 saturated carbocycles. The number of rotatable bonds is 12. The molecule has 9 aliphatic heterocycles. The minimum atomic E-state index is -0.122. The summed E-state index contributed by atoms with van der Waals surface area (Å²) in [7, 11) is 2.00. The average Bonchev–Trinajstić information content (AvgIpc) is 1.59. The smallest absolute Gasteiger partial charge is 0.323 e. The van der Waals surface area contributed by atoms with E-state index >= 15 is 38.4 Å². The van der Waals surface area contributed by atoms with Gasteiger partial charge in [-0.25, -0.2) is 38.4 Å². The Morgan fingerprint density at radius 3 is 0.377 bits per heavy atom. The number of hydrogen-bond donors (Lipinski definition) is 2. The van der Waals surface area contributed by atoms with E-state index in [-0.39, 0.29) is 241 Å². The first-order chi connectivity index (χ1) is 53.3. The van der Waals surface area contributed by atoms with Gasteiger partial charge in [0.2, 0.25) is 0 Å². The van der Waals surface area contributed by atoms with Crippen LogP contribution in [0.4, 0.5) is 38.4 Å². The number of fused-ring (bicyclic) bond motifs is 40. The van der Waals surface area contributed by atoms with Crippen LogP contribution >= 0.6 is 0 Å². The third-order valence-corrected chi connectivity index (χ3v) is 30.3. The second-order valence-corrected chi connectivity index (χ2v) is 35.9. The van der Waals surface area contributed by atoms with Crippen LogP contribution in [0.25, 0.3) is 0 Å². The number of nitrogens with zero attached hydrogens (tertiary/aromatic N) is 17. The summed E-state index contributed by atoms with van der Waals surface area (Å²) in [6.45, 7) is 16.4. The van der Waals surface area contributed by atoms with E-state index in [9.17, 15) is 0 Å². The molecule has 0 aromatic rings. The number of urea groups is 8. The van der Waals surface area contributed by atoms with Crippen LogP contribution in [0.2, 0.25) is 0 Å². The van der Waals surface area contributed by atoms with Gasteiger partial charge in [-0.2, -0.15) is 0 Å². The minimum absolute atomic E-state index is 0. The van der Waals surface area contributed by atoms with Crippen LogP contribution in [0.15, 0.2) is 0 Å². The second kappa shape index (κ2) is 41.0. The Hall–Kier alpha value is -5.46. The molecule has 8 aliphatic carbocycles. The molecule has 17 fully saturated rings. The molecule has 16 amide bonds. The van der Waals surface area contributed by atoms with Crippen molar-refractivity contribution >= 4 is 48.2 Å². The van der Waals surface area contributed by atoms with Crippen molar-refractivity contribution < 1.29 is 95.4 Å². The van der Waals surface area contributed by atoms with E-state index in [4.69, 9.17) is 10.2 Å². The van der Waals surface area contributed by atoms with Crippen molar-refractivity contribution in [2.75, 3.05) is 93.7 Å². The van der Waals surface area contributed by atoms with Gasteiger partial charge < -0.3 is 115 Å². The van der Waals surface area contributed by atoms with Gasteiger partial charge in [0.1, 0.15) is 0 Å². The number of aliphatic hydroxyl groups is 2. The van der Waals surface area contributed by atoms with Gasteiger partial charge in [-0.1, -0.05) is 156 Å². The van der Waals surface area contributed by atoms with Gasteiger partial charge in [0.05, 0.1) is 176 Å². The summed E-state index contributed by atoms with van der Waals surface area (Å²) in [6.07, 6.45) is 40.0. The summed E-state index contributed by atoms with van der Waals surface area (Å²) in [5, 5.41) is 14.0. The van der Waals surface area contributed by atoms with Gasteiger partial charge in [-0.3, -0.25) is 0 Å². The normalized spacial score (nSPS) is 33.2. The van der Waals surface area contributed by atoms with Crippen molar-refractivity contribution in [2.24, 2.45) is 0 Å². The molecule has 0 aromatic heterocycles. The molecule has 0 unspecified atom stereocenters. The number of carbonyl (C=O) groups excluding carboxylic acids is 8. The fourth-order valence-electron chi connectivity index (χ4n) is 24.7. The maximum absolute atomic E-state index is 15.4. The molecule has 31 nitrogen and oxygen atoms in total. The van der Waals surface area contributed by atoms with Crippen LogP contribution in [0.1, 0.15) is 285 Å². The largest absolute Gasteiger partial charge is 2.00 e. The molecule has 17 aliphatic rings. The third kappa shape index (κ3) is 17.2. The zero-order chi connectivity index (χ0) is 76.4. The number of quaternary nitrogens is 1. The molecular weight excluding hydrogens is 1630 g/mol. The van der Waals surface area contributed by atoms with Crippen LogP contribution in [0, 0.1) is 0 Å². The maximum Gasteiger partial charge on any atom is 0.323 e. The SMILES string of the molecule is CCCC[N+](CCCC)(CCCC)CCCC.CO.CO.O=C1N2CN3C(=O)N(CN4C(=O)N(CN5C(=O)N(CN6C(=O)N(CN7C(=O)N(CN8C(=O)N(CN9C(=O)N(CN1[C@@H]1CCCC[C@H]12)[C@@H]1CCCC[C@H]19)[C@@H]1CCCC[C@H]18)[C@@H]1CCCC[C@H]17)[C@@H]1CCCC[C@H]16)[C@@H]1CCCC[C@H]15)[C@@H]1CCCC[C@H]14)[C@@H]1CCCC[C@H]13.[O-2].[O-2].[O-2].[O-2].[Re]. The minimum Gasteiger partial charge on any atom is -2.00 e. The predicted molar refractivity (Wildman–Crippen MR) is 418 cm³/mol. The van der Waals surface area contributed by atoms with Crippen LogP contribution in [0.3, 0.4) is 0 Å². The molecule has 2 N–H and O–H groups in total. The molecule has 17 rings (SSSR count). The number of carbonyl (C=O) groups is 8. The Labute approximate surface area is 693 Å². The summed E-state index contributed by atoms with van der Waals surface area (Å²) in [5.74, 6) is 0. The van der Waals surface area contributed by atoms with E-state index in [0.29, 0.717) is 0 Å². The summed E-state index contributed by atoms with van der Waals surface area (Å²) < 4.78 is 1.42. The Balaban J connectivity index is 0.000000510. The summed E-state index contributed by atoms with van der Waals surface area (Å²) in [5.41, 5.74) is 0. The van der Waals surface area contributed by atoms with Gasteiger partial charge >= 0.3 is 48.2 Å². The molecule has 16 atom stereocenters. The summed E-state index contributed by atoms with van der Waals surface area (Å²) in [4.78, 5) is 155. The standard InChI is InChI=1S/C64H96N16O8.C16H36N.2CH4O.4O.Re/c81-57-65-33-67-43-19-3-4-20-44(43)69(58(67)82)35-71-47-23-7-8-24-48(47)73(60(71)84)37-75-51-27-11-12-28-52(51)77(62(75)86)39-79-55-31-15-16-32-56(55)80(64(79)88)40-78-54-30-14-13-29-53(54)76(63(78)87)38-74-50-26-10-9-25-49(50)72(61(74)85)36-70-46-22-6-5-21-45(46)68(59(70)83)34-66(57)42-18-2-1-17-41(42)65;1-5-9-13-17(14-10-6-2,15-11-7-3)16-12-8-4;2*1-2;;;;;/h41-56H,1-40H2;5-16H2,1-4H3;2*2H,1H3;;;;;/q;+1;;;4*-2;/t41-,42-,43-,44-,45-,46-,47-,48-,49-,50-,51-,52-,53-,54-,55-,56-;;;;;;;;/m1......../s1. The maximum atomic E-state index is 15.4. The topological polar surface area (TPSA) is 343 Å². The quantitative estimate of drug-likeness (QED) is 0.174. The van der Waals surface area contributed by atoms with Crippen molar-refractivity contribution in [1.82, 2.24) is 78.4 Å². The van der Waals surface area contributed by atoms with Crippen molar-refractivity contribution in [1.29, 1.82) is 0 Å². The van der Waals surface area contributed by atoms with E-state index in [2.05, 4.69) is 27.7 Å². The number of unbranched alkanes of at least 4 members (excludes halogenated alkanes) is 4. The first-order valence-electron chi connectivity index (χ1n) is 44.6. The van der Waals surface area contributed by atoms with E-state index < -0.39 is 0 Å². The van der Waals surface area contributed by atoms with Crippen molar-refractivity contribution in [2.45, 2.75) is 381 Å². The van der Waals surface area contributed by atoms with E-state index in [1.54, 1.807) is 0 Å². The molecule has 16 bridgehead atoms. The van der Waals surface area contributed by atoms with E-state index in [1.165, 1.54) is 82.0 Å². The molecular formula is C82H140N17O14Re-7. The molecule has 114 heavy (non-hydrogen) atoms. The average molecular weight is 1770 g/mol. The van der Waals surface area contributed by atoms with E-state index in [0.717, 1.165) is 220 Å².